The Hall–Kier alpha value is -1.64. The summed E-state index contributed by atoms with van der Waals surface area (Å²) in [5.41, 5.74) is 1.38. The average molecular weight is 235 g/mol. The van der Waals surface area contributed by atoms with Crippen molar-refractivity contribution in [2.24, 2.45) is 0 Å². The number of methoxy groups -OCH3 is 2. The summed E-state index contributed by atoms with van der Waals surface area (Å²) < 4.78 is 10.1. The lowest BCUT2D eigenvalue weighted by Crippen LogP contribution is -2.30. The van der Waals surface area contributed by atoms with Crippen molar-refractivity contribution in [3.05, 3.63) is 24.0 Å². The third-order valence-corrected chi connectivity index (χ3v) is 2.35. The number of rotatable bonds is 7. The van der Waals surface area contributed by atoms with Crippen LogP contribution in [-0.2, 0) is 9.47 Å². The van der Waals surface area contributed by atoms with Gasteiger partial charge in [0.1, 0.15) is 11.8 Å². The van der Waals surface area contributed by atoms with Crippen molar-refractivity contribution in [3.63, 3.8) is 0 Å². The fraction of sp³-hybridized carbons (Fsp3) is 0.500. The maximum absolute atomic E-state index is 8.82. The van der Waals surface area contributed by atoms with E-state index in [1.54, 1.807) is 26.5 Å². The molecular formula is C12H17N3O2. The van der Waals surface area contributed by atoms with Crippen molar-refractivity contribution in [3.8, 4) is 6.07 Å². The van der Waals surface area contributed by atoms with E-state index in [2.05, 4.69) is 9.88 Å². The Kier molecular flexibility index (Phi) is 6.00. The van der Waals surface area contributed by atoms with Crippen molar-refractivity contribution in [1.82, 2.24) is 4.98 Å². The molecule has 0 N–H and O–H groups in total. The molecule has 0 aliphatic rings. The highest BCUT2D eigenvalue weighted by Crippen LogP contribution is 2.13. The molecule has 0 saturated heterocycles. The second kappa shape index (κ2) is 7.60. The summed E-state index contributed by atoms with van der Waals surface area (Å²) in [6, 6.07) is 5.68. The molecule has 92 valence electrons. The van der Waals surface area contributed by atoms with Crippen molar-refractivity contribution >= 4 is 5.69 Å². The van der Waals surface area contributed by atoms with Gasteiger partial charge >= 0.3 is 0 Å². The number of nitriles is 1. The van der Waals surface area contributed by atoms with Crippen LogP contribution in [0.5, 0.6) is 0 Å². The van der Waals surface area contributed by atoms with Crippen LogP contribution in [-0.4, -0.2) is 45.5 Å². The number of hydrogen-bond acceptors (Lipinski definition) is 5. The van der Waals surface area contributed by atoms with E-state index in [0.29, 0.717) is 18.9 Å². The first-order valence-electron chi connectivity index (χ1n) is 5.40. The lowest BCUT2D eigenvalue weighted by atomic mass is 10.3. The van der Waals surface area contributed by atoms with Crippen LogP contribution in [0.4, 0.5) is 5.69 Å². The van der Waals surface area contributed by atoms with E-state index in [0.717, 1.165) is 18.8 Å². The molecule has 1 aromatic heterocycles. The predicted molar refractivity (Wildman–Crippen MR) is 64.9 cm³/mol. The highest BCUT2D eigenvalue weighted by molar-refractivity contribution is 5.48. The number of aromatic nitrogens is 1. The van der Waals surface area contributed by atoms with Crippen LogP contribution in [0.3, 0.4) is 0 Å². The van der Waals surface area contributed by atoms with E-state index in [9.17, 15) is 0 Å². The molecule has 17 heavy (non-hydrogen) atoms. The minimum atomic E-state index is 0.419. The van der Waals surface area contributed by atoms with Crippen molar-refractivity contribution < 1.29 is 9.47 Å². The summed E-state index contributed by atoms with van der Waals surface area (Å²) in [5, 5.41) is 8.82. The van der Waals surface area contributed by atoms with Gasteiger partial charge in [0.25, 0.3) is 0 Å². The van der Waals surface area contributed by atoms with E-state index in [1.807, 2.05) is 12.1 Å². The van der Waals surface area contributed by atoms with Crippen molar-refractivity contribution in [1.29, 1.82) is 5.26 Å². The second-order valence-corrected chi connectivity index (χ2v) is 3.48. The lowest BCUT2D eigenvalue weighted by molar-refractivity contribution is 0.190. The molecule has 0 radical (unpaired) electrons. The van der Waals surface area contributed by atoms with Crippen LogP contribution in [0.25, 0.3) is 0 Å². The van der Waals surface area contributed by atoms with Crippen LogP contribution in [0.1, 0.15) is 5.69 Å². The number of nitrogens with zero attached hydrogens (tertiary/aromatic N) is 3. The van der Waals surface area contributed by atoms with Gasteiger partial charge < -0.3 is 14.4 Å². The third-order valence-electron chi connectivity index (χ3n) is 2.35. The second-order valence-electron chi connectivity index (χ2n) is 3.48. The molecule has 0 saturated carbocycles. The molecule has 0 fully saturated rings. The molecule has 1 rings (SSSR count). The number of pyridine rings is 1. The first-order chi connectivity index (χ1) is 8.31. The minimum absolute atomic E-state index is 0.419. The Labute approximate surface area is 102 Å². The molecule has 5 heteroatoms. The molecular weight excluding hydrogens is 218 g/mol. The summed E-state index contributed by atoms with van der Waals surface area (Å²) in [6.07, 6.45) is 1.64. The van der Waals surface area contributed by atoms with Crippen LogP contribution >= 0.6 is 0 Å². The summed E-state index contributed by atoms with van der Waals surface area (Å²) in [4.78, 5) is 6.06. The summed E-state index contributed by atoms with van der Waals surface area (Å²) in [7, 11) is 3.34. The van der Waals surface area contributed by atoms with Crippen LogP contribution < -0.4 is 4.90 Å². The van der Waals surface area contributed by atoms with Gasteiger partial charge in [-0.25, -0.2) is 4.98 Å². The topological polar surface area (TPSA) is 58.4 Å². The molecule has 0 bridgehead atoms. The normalized spacial score (nSPS) is 9.94. The zero-order valence-electron chi connectivity index (χ0n) is 10.2. The molecule has 0 spiro atoms. The van der Waals surface area contributed by atoms with Gasteiger partial charge in [-0.2, -0.15) is 5.26 Å². The highest BCUT2D eigenvalue weighted by atomic mass is 16.5. The molecule has 0 aliphatic heterocycles. The molecule has 1 heterocycles. The van der Waals surface area contributed by atoms with Gasteiger partial charge in [-0.3, -0.25) is 0 Å². The minimum Gasteiger partial charge on any atom is -0.383 e. The zero-order valence-corrected chi connectivity index (χ0v) is 10.2. The Balaban J connectivity index is 2.75. The molecule has 5 nitrogen and oxygen atoms in total. The first kappa shape index (κ1) is 13.4. The van der Waals surface area contributed by atoms with E-state index in [-0.39, 0.29) is 0 Å². The third kappa shape index (κ3) is 4.39. The van der Waals surface area contributed by atoms with Gasteiger partial charge in [0.05, 0.1) is 13.2 Å². The van der Waals surface area contributed by atoms with E-state index in [4.69, 9.17) is 14.7 Å². The maximum Gasteiger partial charge on any atom is 0.142 e. The average Bonchev–Trinajstić information content (AvgIpc) is 2.39. The number of ether oxygens (including phenoxy) is 2. The summed E-state index contributed by atoms with van der Waals surface area (Å²) in [5.74, 6) is 0. The van der Waals surface area contributed by atoms with E-state index in [1.165, 1.54) is 0 Å². The van der Waals surface area contributed by atoms with Gasteiger partial charge in [0.15, 0.2) is 0 Å². The Morgan fingerprint density at radius 3 is 2.47 bits per heavy atom. The van der Waals surface area contributed by atoms with Crippen LogP contribution in [0.2, 0.25) is 0 Å². The molecule has 0 atom stereocenters. The van der Waals surface area contributed by atoms with Crippen LogP contribution in [0, 0.1) is 11.3 Å². The summed E-state index contributed by atoms with van der Waals surface area (Å²) in [6.45, 7) is 2.78. The van der Waals surface area contributed by atoms with Crippen LogP contribution in [0.15, 0.2) is 18.3 Å². The predicted octanol–water partition coefficient (Wildman–Crippen LogP) is 1.05. The number of anilines is 1. The van der Waals surface area contributed by atoms with Gasteiger partial charge in [0, 0.05) is 39.2 Å². The molecule has 0 aromatic carbocycles. The SMILES string of the molecule is COCCN(CCOC)c1ccnc(C#N)c1. The van der Waals surface area contributed by atoms with Crippen molar-refractivity contribution in [2.45, 2.75) is 0 Å². The highest BCUT2D eigenvalue weighted by Gasteiger charge is 2.07. The Morgan fingerprint density at radius 2 is 1.94 bits per heavy atom. The van der Waals surface area contributed by atoms with Gasteiger partial charge in [-0.15, -0.1) is 0 Å². The molecule has 0 amide bonds. The number of hydrogen-bond donors (Lipinski definition) is 0. The Morgan fingerprint density at radius 1 is 1.29 bits per heavy atom. The van der Waals surface area contributed by atoms with Gasteiger partial charge in [-0.1, -0.05) is 0 Å². The maximum atomic E-state index is 8.82. The Bertz CT molecular complexity index is 368. The van der Waals surface area contributed by atoms with Crippen molar-refractivity contribution in [2.75, 3.05) is 45.4 Å². The summed E-state index contributed by atoms with van der Waals surface area (Å²) >= 11 is 0. The fourth-order valence-corrected chi connectivity index (χ4v) is 1.45. The molecule has 0 aliphatic carbocycles. The zero-order chi connectivity index (χ0) is 12.5. The van der Waals surface area contributed by atoms with E-state index < -0.39 is 0 Å². The molecule has 1 aromatic rings. The van der Waals surface area contributed by atoms with E-state index >= 15 is 0 Å². The largest absolute Gasteiger partial charge is 0.383 e. The quantitative estimate of drug-likeness (QED) is 0.707. The standard InChI is InChI=1S/C12H17N3O2/c1-16-7-5-15(6-8-17-2)12-3-4-14-11(9-12)10-13/h3-4,9H,5-8H2,1-2H3. The smallest absolute Gasteiger partial charge is 0.142 e. The first-order valence-corrected chi connectivity index (χ1v) is 5.40. The lowest BCUT2D eigenvalue weighted by Gasteiger charge is -2.24. The fourth-order valence-electron chi connectivity index (χ4n) is 1.45. The van der Waals surface area contributed by atoms with Gasteiger partial charge in [-0.05, 0) is 12.1 Å². The monoisotopic (exact) mass is 235 g/mol. The van der Waals surface area contributed by atoms with Gasteiger partial charge in [0.2, 0.25) is 0 Å². The molecule has 0 unspecified atom stereocenters.